The van der Waals surface area contributed by atoms with Crippen molar-refractivity contribution in [1.82, 2.24) is 9.47 Å². The minimum absolute atomic E-state index is 0.00460. The lowest BCUT2D eigenvalue weighted by molar-refractivity contribution is -0.136. The van der Waals surface area contributed by atoms with Gasteiger partial charge in [0.15, 0.2) is 6.61 Å². The second-order valence-electron chi connectivity index (χ2n) is 8.15. The Morgan fingerprint density at radius 3 is 2.90 bits per heavy atom. The molecular formula is C22H23N3O4. The van der Waals surface area contributed by atoms with Gasteiger partial charge in [0.2, 0.25) is 5.91 Å². The molecule has 1 fully saturated rings. The summed E-state index contributed by atoms with van der Waals surface area (Å²) in [6.45, 7) is 1.90. The highest BCUT2D eigenvalue weighted by molar-refractivity contribution is 5.94. The number of ether oxygens (including phenoxy) is 1. The Morgan fingerprint density at radius 2 is 2.00 bits per heavy atom. The first-order valence-electron chi connectivity index (χ1n) is 10.1. The van der Waals surface area contributed by atoms with Gasteiger partial charge in [0.1, 0.15) is 5.75 Å². The highest BCUT2D eigenvalue weighted by atomic mass is 16.5. The van der Waals surface area contributed by atoms with E-state index in [9.17, 15) is 14.4 Å². The van der Waals surface area contributed by atoms with E-state index < -0.39 is 0 Å². The average molecular weight is 393 g/mol. The van der Waals surface area contributed by atoms with Crippen LogP contribution in [0.25, 0.3) is 0 Å². The van der Waals surface area contributed by atoms with E-state index in [4.69, 9.17) is 4.74 Å². The van der Waals surface area contributed by atoms with Gasteiger partial charge in [0.05, 0.1) is 0 Å². The predicted molar refractivity (Wildman–Crippen MR) is 107 cm³/mol. The first kappa shape index (κ1) is 18.0. The third-order valence-corrected chi connectivity index (χ3v) is 6.17. The topological polar surface area (TPSA) is 80.6 Å². The Balaban J connectivity index is 1.25. The largest absolute Gasteiger partial charge is 0.484 e. The zero-order valence-electron chi connectivity index (χ0n) is 16.1. The normalized spacial score (nSPS) is 22.3. The van der Waals surface area contributed by atoms with Gasteiger partial charge in [-0.1, -0.05) is 12.1 Å². The maximum atomic E-state index is 12.8. The molecule has 2 amide bonds. The van der Waals surface area contributed by atoms with Crippen molar-refractivity contribution >= 4 is 17.5 Å². The van der Waals surface area contributed by atoms with Crippen LogP contribution in [0.2, 0.25) is 0 Å². The number of pyridine rings is 1. The summed E-state index contributed by atoms with van der Waals surface area (Å²) in [5.74, 6) is 1.02. The van der Waals surface area contributed by atoms with E-state index in [1.807, 2.05) is 27.7 Å². The molecule has 1 N–H and O–H groups in total. The van der Waals surface area contributed by atoms with Crippen LogP contribution in [0.3, 0.4) is 0 Å². The van der Waals surface area contributed by atoms with Gasteiger partial charge < -0.3 is 19.5 Å². The fourth-order valence-electron chi connectivity index (χ4n) is 4.78. The third kappa shape index (κ3) is 3.41. The van der Waals surface area contributed by atoms with Crippen molar-refractivity contribution in [3.8, 4) is 5.75 Å². The summed E-state index contributed by atoms with van der Waals surface area (Å²) < 4.78 is 7.60. The number of fused-ring (bicyclic) bond motifs is 5. The summed E-state index contributed by atoms with van der Waals surface area (Å²) in [7, 11) is 0. The van der Waals surface area contributed by atoms with Gasteiger partial charge in [0.25, 0.3) is 11.5 Å². The van der Waals surface area contributed by atoms with Crippen LogP contribution in [-0.2, 0) is 22.6 Å². The molecule has 2 aromatic rings. The number of nitrogens with one attached hydrogen (secondary N) is 1. The number of piperidine rings is 1. The number of aryl methyl sites for hydroxylation is 1. The van der Waals surface area contributed by atoms with Crippen molar-refractivity contribution < 1.29 is 14.3 Å². The summed E-state index contributed by atoms with van der Waals surface area (Å²) in [5.41, 5.74) is 2.92. The second kappa shape index (κ2) is 7.06. The molecule has 0 saturated carbocycles. The van der Waals surface area contributed by atoms with Crippen molar-refractivity contribution in [2.45, 2.75) is 31.7 Å². The number of nitrogens with zero attached hydrogens (tertiary/aromatic N) is 2. The Bertz CT molecular complexity index is 1040. The smallest absolute Gasteiger partial charge is 0.260 e. The predicted octanol–water partition coefficient (Wildman–Crippen LogP) is 1.76. The van der Waals surface area contributed by atoms with Crippen LogP contribution in [0.4, 0.5) is 5.69 Å². The number of amides is 2. The Labute approximate surface area is 168 Å². The lowest BCUT2D eigenvalue weighted by Crippen LogP contribution is -2.50. The van der Waals surface area contributed by atoms with E-state index in [2.05, 4.69) is 5.32 Å². The number of hydrogen-bond donors (Lipinski definition) is 1. The molecule has 7 nitrogen and oxygen atoms in total. The standard InChI is InChI=1S/C22H23N3O4/c26-20-7-5-15-4-6-17(9-18(15)23-20)29-13-22(28)24-10-14-8-16(12-24)19-2-1-3-21(27)25(19)11-14/h1-4,6,9,14,16H,5,7-8,10-13H2,(H,23,26)/t14-,16+/m1/s1. The monoisotopic (exact) mass is 393 g/mol. The van der Waals surface area contributed by atoms with Gasteiger partial charge >= 0.3 is 0 Å². The summed E-state index contributed by atoms with van der Waals surface area (Å²) in [6.07, 6.45) is 2.23. The molecule has 3 aliphatic heterocycles. The van der Waals surface area contributed by atoms with Crippen LogP contribution in [0.15, 0.2) is 41.2 Å². The summed E-state index contributed by atoms with van der Waals surface area (Å²) >= 11 is 0. The van der Waals surface area contributed by atoms with Crippen molar-refractivity contribution in [2.75, 3.05) is 25.0 Å². The van der Waals surface area contributed by atoms with E-state index in [0.717, 1.165) is 29.8 Å². The van der Waals surface area contributed by atoms with Gasteiger partial charge in [0, 0.05) is 55.5 Å². The molecule has 0 radical (unpaired) electrons. The zero-order chi connectivity index (χ0) is 20.0. The maximum Gasteiger partial charge on any atom is 0.260 e. The number of aromatic nitrogens is 1. The number of benzene rings is 1. The number of likely N-dealkylation sites (tertiary alicyclic amines) is 1. The highest BCUT2D eigenvalue weighted by Crippen LogP contribution is 2.35. The lowest BCUT2D eigenvalue weighted by Gasteiger charge is -2.42. The number of anilines is 1. The molecule has 2 bridgehead atoms. The summed E-state index contributed by atoms with van der Waals surface area (Å²) in [5, 5.41) is 2.85. The second-order valence-corrected chi connectivity index (χ2v) is 8.15. The first-order valence-corrected chi connectivity index (χ1v) is 10.1. The molecule has 1 aromatic heterocycles. The van der Waals surface area contributed by atoms with Gasteiger partial charge in [-0.2, -0.15) is 0 Å². The van der Waals surface area contributed by atoms with E-state index in [1.54, 1.807) is 18.2 Å². The van der Waals surface area contributed by atoms with Crippen LogP contribution in [0.5, 0.6) is 5.75 Å². The van der Waals surface area contributed by atoms with Gasteiger partial charge in [-0.25, -0.2) is 0 Å². The van der Waals surface area contributed by atoms with Crippen molar-refractivity contribution in [3.05, 3.63) is 58.0 Å². The van der Waals surface area contributed by atoms with Gasteiger partial charge in [-0.15, -0.1) is 0 Å². The molecule has 0 spiro atoms. The fourth-order valence-corrected chi connectivity index (χ4v) is 4.78. The molecule has 1 saturated heterocycles. The molecule has 0 aliphatic carbocycles. The van der Waals surface area contributed by atoms with E-state index in [-0.39, 0.29) is 29.9 Å². The molecule has 4 heterocycles. The fraction of sp³-hybridized carbons (Fsp3) is 0.409. The molecule has 2 atom stereocenters. The van der Waals surface area contributed by atoms with Crippen LogP contribution >= 0.6 is 0 Å². The molecule has 7 heteroatoms. The minimum atomic E-state index is -0.0480. The molecule has 0 unspecified atom stereocenters. The van der Waals surface area contributed by atoms with Crippen LogP contribution in [0, 0.1) is 5.92 Å². The van der Waals surface area contributed by atoms with Crippen molar-refractivity contribution in [3.63, 3.8) is 0 Å². The Morgan fingerprint density at radius 1 is 1.10 bits per heavy atom. The number of carbonyl (C=O) groups is 2. The molecule has 5 rings (SSSR count). The quantitative estimate of drug-likeness (QED) is 0.862. The Kier molecular flexibility index (Phi) is 4.38. The SMILES string of the molecule is O=C1CCc2ccc(OCC(=O)N3C[C@H]4C[C@@H](C3)c3cccc(=O)n3C4)cc2N1. The summed E-state index contributed by atoms with van der Waals surface area (Å²) in [6, 6.07) is 11.0. The van der Waals surface area contributed by atoms with E-state index >= 15 is 0 Å². The molecule has 1 aromatic carbocycles. The summed E-state index contributed by atoms with van der Waals surface area (Å²) in [4.78, 5) is 38.4. The number of rotatable bonds is 3. The maximum absolute atomic E-state index is 12.8. The van der Waals surface area contributed by atoms with Crippen LogP contribution in [-0.4, -0.2) is 41.0 Å². The molecule has 29 heavy (non-hydrogen) atoms. The van der Waals surface area contributed by atoms with E-state index in [1.165, 1.54) is 0 Å². The Hall–Kier alpha value is -3.09. The van der Waals surface area contributed by atoms with Gasteiger partial charge in [-0.3, -0.25) is 14.4 Å². The van der Waals surface area contributed by atoms with Crippen molar-refractivity contribution in [2.24, 2.45) is 5.92 Å². The average Bonchev–Trinajstić information content (AvgIpc) is 2.72. The minimum Gasteiger partial charge on any atom is -0.484 e. The molecule has 3 aliphatic rings. The van der Waals surface area contributed by atoms with Crippen molar-refractivity contribution in [1.29, 1.82) is 0 Å². The third-order valence-electron chi connectivity index (χ3n) is 6.17. The van der Waals surface area contributed by atoms with E-state index in [0.29, 0.717) is 37.7 Å². The van der Waals surface area contributed by atoms with Crippen LogP contribution < -0.4 is 15.6 Å². The number of hydrogen-bond acceptors (Lipinski definition) is 4. The molecule has 150 valence electrons. The highest BCUT2D eigenvalue weighted by Gasteiger charge is 2.36. The lowest BCUT2D eigenvalue weighted by atomic mass is 9.83. The zero-order valence-corrected chi connectivity index (χ0v) is 16.1. The first-order chi connectivity index (χ1) is 14.1. The number of carbonyl (C=O) groups excluding carboxylic acids is 2. The van der Waals surface area contributed by atoms with Gasteiger partial charge in [-0.05, 0) is 36.5 Å². The van der Waals surface area contributed by atoms with Crippen LogP contribution in [0.1, 0.15) is 30.0 Å². The molecular weight excluding hydrogens is 370 g/mol.